The number of carbonyl (C=O) groups excluding carboxylic acids is 1. The first-order chi connectivity index (χ1) is 14.8. The normalized spacial score (nSPS) is 13.9. The Bertz CT molecular complexity index is 1150. The highest BCUT2D eigenvalue weighted by atomic mass is 32.2. The third-order valence-electron chi connectivity index (χ3n) is 5.23. The lowest BCUT2D eigenvalue weighted by atomic mass is 9.96. The van der Waals surface area contributed by atoms with Crippen molar-refractivity contribution in [2.45, 2.75) is 11.1 Å². The number of rotatable bonds is 5. The maximum Gasteiger partial charge on any atom is 0.235 e. The Morgan fingerprint density at radius 3 is 2.58 bits per heavy atom. The summed E-state index contributed by atoms with van der Waals surface area (Å²) in [6.07, 6.45) is 0. The van der Waals surface area contributed by atoms with Crippen molar-refractivity contribution < 1.29 is 18.0 Å². The summed E-state index contributed by atoms with van der Waals surface area (Å²) < 4.78 is 43.0. The van der Waals surface area contributed by atoms with E-state index >= 15 is 0 Å². The van der Waals surface area contributed by atoms with Gasteiger partial charge in [0.2, 0.25) is 5.91 Å². The topological polar surface area (TPSA) is 62.5 Å². The van der Waals surface area contributed by atoms with E-state index in [0.29, 0.717) is 23.9 Å². The van der Waals surface area contributed by atoms with Gasteiger partial charge in [0.05, 0.1) is 21.5 Å². The summed E-state index contributed by atoms with van der Waals surface area (Å²) >= 11 is 2.45. The van der Waals surface area contributed by atoms with Crippen LogP contribution in [0.3, 0.4) is 0 Å². The van der Waals surface area contributed by atoms with Crippen molar-refractivity contribution in [1.82, 2.24) is 4.98 Å². The van der Waals surface area contributed by atoms with Crippen LogP contribution in [-0.2, 0) is 4.79 Å². The third kappa shape index (κ3) is 4.15. The van der Waals surface area contributed by atoms with Crippen molar-refractivity contribution in [3.8, 4) is 11.1 Å². The van der Waals surface area contributed by atoms with E-state index in [-0.39, 0.29) is 23.0 Å². The molecule has 1 amide bonds. The molecule has 1 aromatic heterocycles. The van der Waals surface area contributed by atoms with E-state index in [2.05, 4.69) is 4.98 Å². The van der Waals surface area contributed by atoms with Gasteiger partial charge < -0.3 is 4.90 Å². The molecule has 0 unspecified atom stereocenters. The van der Waals surface area contributed by atoms with Crippen LogP contribution in [0.1, 0.15) is 5.69 Å². The van der Waals surface area contributed by atoms with E-state index in [4.69, 9.17) is 5.14 Å². The van der Waals surface area contributed by atoms with Crippen LogP contribution >= 0.6 is 23.3 Å². The number of hydrogen-bond acceptors (Lipinski definition) is 6. The van der Waals surface area contributed by atoms with Crippen molar-refractivity contribution in [2.24, 2.45) is 11.1 Å². The van der Waals surface area contributed by atoms with Crippen LogP contribution in [0.15, 0.2) is 40.6 Å². The molecule has 2 heterocycles. The van der Waals surface area contributed by atoms with Gasteiger partial charge in [0, 0.05) is 25.7 Å². The zero-order valence-electron chi connectivity index (χ0n) is 16.7. The molecule has 0 atom stereocenters. The number of anilines is 2. The van der Waals surface area contributed by atoms with Gasteiger partial charge in [0.25, 0.3) is 0 Å². The molecule has 0 spiro atoms. The first kappa shape index (κ1) is 21.7. The molecule has 0 bridgehead atoms. The molecular weight excluding hydrogens is 445 g/mol. The highest BCUT2D eigenvalue weighted by Gasteiger charge is 2.36. The summed E-state index contributed by atoms with van der Waals surface area (Å²) in [6.45, 7) is 2.55. The predicted octanol–water partition coefficient (Wildman–Crippen LogP) is 4.60. The number of hydrogen-bond donors (Lipinski definition) is 1. The lowest BCUT2D eigenvalue weighted by molar-refractivity contribution is -0.122. The molecule has 4 rings (SSSR count). The highest BCUT2D eigenvalue weighted by Crippen LogP contribution is 2.35. The molecule has 1 aliphatic rings. The van der Waals surface area contributed by atoms with Crippen LogP contribution in [-0.4, -0.2) is 31.0 Å². The van der Waals surface area contributed by atoms with Gasteiger partial charge in [-0.15, -0.1) is 0 Å². The lowest BCUT2D eigenvalue weighted by Gasteiger charge is -2.41. The third-order valence-corrected chi connectivity index (χ3v) is 7.30. The summed E-state index contributed by atoms with van der Waals surface area (Å²) in [5.74, 6) is -2.16. The van der Waals surface area contributed by atoms with Gasteiger partial charge in [0.15, 0.2) is 5.13 Å². The Morgan fingerprint density at radius 1 is 1.19 bits per heavy atom. The van der Waals surface area contributed by atoms with Crippen molar-refractivity contribution in [1.29, 1.82) is 0 Å². The molecule has 10 heteroatoms. The minimum absolute atomic E-state index is 0.00232. The monoisotopic (exact) mass is 464 g/mol. The number of nitrogens with two attached hydrogens (primary N) is 1. The first-order valence-corrected chi connectivity index (χ1v) is 11.1. The molecule has 31 heavy (non-hydrogen) atoms. The second kappa shape index (κ2) is 8.52. The van der Waals surface area contributed by atoms with Crippen molar-refractivity contribution in [2.75, 3.05) is 29.9 Å². The van der Waals surface area contributed by atoms with Crippen LogP contribution in [0, 0.1) is 30.3 Å². The molecule has 162 valence electrons. The molecule has 0 saturated carbocycles. The molecule has 2 aromatic carbocycles. The number of nitrogens with zero attached hydrogens (tertiary/aromatic N) is 3. The molecule has 1 aliphatic heterocycles. The highest BCUT2D eigenvalue weighted by molar-refractivity contribution is 7.99. The second-order valence-electron chi connectivity index (χ2n) is 7.28. The van der Waals surface area contributed by atoms with Crippen molar-refractivity contribution in [3.63, 3.8) is 0 Å². The van der Waals surface area contributed by atoms with Crippen LogP contribution in [0.2, 0.25) is 0 Å². The number of thiazole rings is 1. The van der Waals surface area contributed by atoms with E-state index in [1.54, 1.807) is 18.0 Å². The molecule has 1 fully saturated rings. The average molecular weight is 465 g/mol. The van der Waals surface area contributed by atoms with Crippen molar-refractivity contribution >= 4 is 40.0 Å². The number of aryl methyl sites for hydroxylation is 1. The van der Waals surface area contributed by atoms with E-state index < -0.39 is 17.5 Å². The summed E-state index contributed by atoms with van der Waals surface area (Å²) in [5, 5.41) is 6.17. The summed E-state index contributed by atoms with van der Waals surface area (Å²) in [4.78, 5) is 20.4. The van der Waals surface area contributed by atoms with Crippen LogP contribution in [0.25, 0.3) is 11.1 Å². The van der Waals surface area contributed by atoms with Gasteiger partial charge >= 0.3 is 0 Å². The number of carbonyl (C=O) groups is 1. The number of halogens is 3. The Balaban J connectivity index is 1.44. The molecular formula is C21H19F3N4OS2. The van der Waals surface area contributed by atoms with Gasteiger partial charge in [-0.1, -0.05) is 17.4 Å². The largest absolute Gasteiger partial charge is 0.367 e. The summed E-state index contributed by atoms with van der Waals surface area (Å²) in [6, 6.07) is 7.31. The number of aromatic nitrogens is 1. The second-order valence-corrected chi connectivity index (χ2v) is 9.16. The van der Waals surface area contributed by atoms with Gasteiger partial charge in [-0.2, -0.15) is 0 Å². The predicted molar refractivity (Wildman–Crippen MR) is 118 cm³/mol. The Labute approximate surface area is 185 Å². The lowest BCUT2D eigenvalue weighted by Crippen LogP contribution is -2.54. The van der Waals surface area contributed by atoms with Crippen LogP contribution < -0.4 is 14.9 Å². The van der Waals surface area contributed by atoms with Crippen LogP contribution in [0.5, 0.6) is 0 Å². The maximum absolute atomic E-state index is 14.7. The molecule has 5 nitrogen and oxygen atoms in total. The van der Waals surface area contributed by atoms with E-state index in [1.807, 2.05) is 6.92 Å². The fourth-order valence-electron chi connectivity index (χ4n) is 3.47. The summed E-state index contributed by atoms with van der Waals surface area (Å²) in [5.41, 5.74) is 1.34. The first-order valence-electron chi connectivity index (χ1n) is 9.40. The zero-order chi connectivity index (χ0) is 22.3. The van der Waals surface area contributed by atoms with Gasteiger partial charge in [0.1, 0.15) is 17.5 Å². The maximum atomic E-state index is 14.7. The quantitative estimate of drug-likeness (QED) is 0.559. The Kier molecular flexibility index (Phi) is 5.96. The standard InChI is InChI=1S/C21H19F3N4OS2/c1-11-20(31-25)30-21(26-11)27(2)19(29)13-9-28(10-13)18-6-3-12(7-17(18)24)15-8-14(22)4-5-16(15)23/h3-8,13H,9-10,25H2,1-2H3. The Hall–Kier alpha value is -2.56. The summed E-state index contributed by atoms with van der Waals surface area (Å²) in [7, 11) is 1.66. The van der Waals surface area contributed by atoms with E-state index in [1.165, 1.54) is 28.4 Å². The molecule has 0 aliphatic carbocycles. The minimum atomic E-state index is -0.625. The van der Waals surface area contributed by atoms with Crippen LogP contribution in [0.4, 0.5) is 24.0 Å². The fourth-order valence-corrected chi connectivity index (χ4v) is 4.87. The smallest absolute Gasteiger partial charge is 0.235 e. The molecule has 1 saturated heterocycles. The molecule has 2 N–H and O–H groups in total. The van der Waals surface area contributed by atoms with Gasteiger partial charge in [-0.05, 0) is 54.8 Å². The zero-order valence-corrected chi connectivity index (χ0v) is 18.4. The molecule has 3 aromatic rings. The van der Waals surface area contributed by atoms with Gasteiger partial charge in [-0.25, -0.2) is 18.2 Å². The number of amides is 1. The van der Waals surface area contributed by atoms with E-state index in [0.717, 1.165) is 40.1 Å². The Morgan fingerprint density at radius 2 is 1.94 bits per heavy atom. The number of benzene rings is 2. The van der Waals surface area contributed by atoms with Crippen molar-refractivity contribution in [3.05, 3.63) is 59.5 Å². The molecule has 0 radical (unpaired) electrons. The van der Waals surface area contributed by atoms with E-state index in [9.17, 15) is 18.0 Å². The van der Waals surface area contributed by atoms with Gasteiger partial charge in [-0.3, -0.25) is 14.8 Å². The fraction of sp³-hybridized carbons (Fsp3) is 0.238. The average Bonchev–Trinajstić information content (AvgIpc) is 3.09. The minimum Gasteiger partial charge on any atom is -0.367 e. The SMILES string of the molecule is Cc1nc(N(C)C(=O)C2CN(c3ccc(-c4cc(F)ccc4F)cc3F)C2)sc1SN.